The van der Waals surface area contributed by atoms with Crippen molar-refractivity contribution in [2.24, 2.45) is 0 Å². The maximum absolute atomic E-state index is 0. The molecule has 14 valence electrons. The molecule has 0 bridgehead atoms. The third kappa shape index (κ3) is 8.97. The Balaban J connectivity index is 0. The third-order valence-corrected chi connectivity index (χ3v) is 0. The van der Waals surface area contributed by atoms with Crippen LogP contribution in [0.5, 0.6) is 0 Å². The van der Waals surface area contributed by atoms with Gasteiger partial charge >= 0.3 is 63.6 Å². The predicted octanol–water partition coefficient (Wildman–Crippen LogP) is -3.18. The van der Waals surface area contributed by atoms with Crippen LogP contribution in [0, 0.1) is 0 Å². The van der Waals surface area contributed by atoms with Crippen LogP contribution < -0.4 is 18.9 Å². The van der Waals surface area contributed by atoms with Crippen molar-refractivity contribution in [1.29, 1.82) is 0 Å². The van der Waals surface area contributed by atoms with Crippen molar-refractivity contribution >= 4 is 0 Å². The van der Waals surface area contributed by atoms with E-state index in [1.165, 1.54) is 0 Å². The molecule has 0 saturated carbocycles. The molecule has 0 aromatic carbocycles. The minimum absolute atomic E-state index is 0. The normalized spacial score (nSPS) is 0. The second-order valence-electron chi connectivity index (χ2n) is 0. The fourth-order valence-corrected chi connectivity index (χ4v) is 0. The molecule has 1 N–H and O–H groups in total. The van der Waals surface area contributed by atoms with Crippen molar-refractivity contribution in [2.45, 2.75) is 0 Å². The van der Waals surface area contributed by atoms with E-state index in [1.807, 2.05) is 0 Å². The second kappa shape index (κ2) is 19.8. The van der Waals surface area contributed by atoms with Gasteiger partial charge in [0.05, 0.1) is 0 Å². The first-order valence-electron chi connectivity index (χ1n) is 0. The zero-order valence-corrected chi connectivity index (χ0v) is 7.75. The van der Waals surface area contributed by atoms with Crippen LogP contribution in [0.1, 0.15) is 0 Å². The Kier molecular flexibility index (Phi) is 182. The van der Waals surface area contributed by atoms with E-state index >= 15 is 0 Å². The van der Waals surface area contributed by atoms with E-state index in [4.69, 9.17) is 0 Å². The van der Waals surface area contributed by atoms with Crippen LogP contribution in [-0.4, -0.2) is 5.48 Å². The molecule has 0 fully saturated rings. The molecule has 0 spiro atoms. The fourth-order valence-electron chi connectivity index (χ4n) is 0. The maximum Gasteiger partial charge on any atom is 2.00 e. The monoisotopic (exact) mass is 298 g/mol. The molecule has 0 heterocycles. The second-order valence-corrected chi connectivity index (χ2v) is 0. The van der Waals surface area contributed by atoms with Gasteiger partial charge in [-0.1, -0.05) is 0 Å². The van der Waals surface area contributed by atoms with Gasteiger partial charge in [-0.2, -0.15) is 0 Å². The Morgan fingerprint density at radius 3 is 1.00 bits per heavy atom. The van der Waals surface area contributed by atoms with Crippen LogP contribution in [0.2, 0.25) is 0 Å². The Labute approximate surface area is 68.4 Å². The summed E-state index contributed by atoms with van der Waals surface area (Å²) in [6, 6.07) is 0. The molecular weight excluding hydrogens is 297 g/mol. The van der Waals surface area contributed by atoms with Crippen molar-refractivity contribution in [3.05, 3.63) is 0 Å². The summed E-state index contributed by atoms with van der Waals surface area (Å²) in [5.74, 6) is 0. The summed E-state index contributed by atoms with van der Waals surface area (Å²) in [5.41, 5.74) is 0. The van der Waals surface area contributed by atoms with Gasteiger partial charge in [0.1, 0.15) is 0 Å². The van der Waals surface area contributed by atoms with Gasteiger partial charge < -0.3 is 5.48 Å². The molecule has 0 aromatic heterocycles. The Morgan fingerprint density at radius 1 is 1.00 bits per heavy atom. The van der Waals surface area contributed by atoms with Gasteiger partial charge in [0.15, 0.2) is 0 Å². The van der Waals surface area contributed by atoms with Crippen molar-refractivity contribution < 1.29 is 69.1 Å². The summed E-state index contributed by atoms with van der Waals surface area (Å²) in [4.78, 5) is 0. The molecular formula is HLiNbOTa+4. The third-order valence-electron chi connectivity index (χ3n) is 0. The topological polar surface area (TPSA) is 30.0 Å². The van der Waals surface area contributed by atoms with Crippen molar-refractivity contribution in [1.82, 2.24) is 0 Å². The summed E-state index contributed by atoms with van der Waals surface area (Å²) < 4.78 is 0. The van der Waals surface area contributed by atoms with Gasteiger partial charge in [-0.15, -0.1) is 0 Å². The van der Waals surface area contributed by atoms with Crippen molar-refractivity contribution in [3.8, 4) is 0 Å². The molecule has 0 rings (SSSR count). The predicted molar refractivity (Wildman–Crippen MR) is 1.94 cm³/mol. The Hall–Kier alpha value is 2.04. The van der Waals surface area contributed by atoms with Crippen molar-refractivity contribution in [3.63, 3.8) is 0 Å². The average molecular weight is 298 g/mol. The summed E-state index contributed by atoms with van der Waals surface area (Å²) >= 11 is 0. The molecule has 2 radical (unpaired) electrons. The van der Waals surface area contributed by atoms with E-state index in [2.05, 4.69) is 0 Å². The molecule has 4 heavy (non-hydrogen) atoms. The number of hydrogen-bond donors (Lipinski definition) is 0. The largest absolute Gasteiger partial charge is 2.00 e. The molecule has 0 aliphatic heterocycles. The summed E-state index contributed by atoms with van der Waals surface area (Å²) in [5, 5.41) is 0. The van der Waals surface area contributed by atoms with E-state index in [9.17, 15) is 0 Å². The first-order valence-corrected chi connectivity index (χ1v) is 0. The fraction of sp³-hybridized carbons (Fsp3) is 0. The molecule has 1 nitrogen and oxygen atoms in total. The van der Waals surface area contributed by atoms with Crippen LogP contribution in [0.25, 0.3) is 0 Å². The zero-order valence-electron chi connectivity index (χ0n) is 2.34. The summed E-state index contributed by atoms with van der Waals surface area (Å²) in [7, 11) is 0. The Bertz CT molecular complexity index is 8.00. The van der Waals surface area contributed by atoms with Crippen LogP contribution >= 0.6 is 0 Å². The van der Waals surface area contributed by atoms with Gasteiger partial charge in [0, 0.05) is 0 Å². The van der Waals surface area contributed by atoms with Gasteiger partial charge in [0.2, 0.25) is 0 Å². The van der Waals surface area contributed by atoms with Gasteiger partial charge in [-0.25, -0.2) is 0 Å². The number of hydrogen-bond acceptors (Lipinski definition) is 1. The van der Waals surface area contributed by atoms with Gasteiger partial charge in [-0.3, -0.25) is 0 Å². The van der Waals surface area contributed by atoms with E-state index in [-0.39, 0.29) is 69.1 Å². The van der Waals surface area contributed by atoms with E-state index in [0.29, 0.717) is 0 Å². The smallest absolute Gasteiger partial charge is 0.870 e. The SMILES string of the molecule is [Li+].[Nb+2].[OH-].[Ta+2]. The molecule has 0 amide bonds. The molecule has 0 atom stereocenters. The summed E-state index contributed by atoms with van der Waals surface area (Å²) in [6.07, 6.45) is 0. The molecule has 4 heteroatoms. The summed E-state index contributed by atoms with van der Waals surface area (Å²) in [6.45, 7) is 0. The minimum Gasteiger partial charge on any atom is -0.870 e. The van der Waals surface area contributed by atoms with Gasteiger partial charge in [-0.05, 0) is 0 Å². The average Bonchev–Trinajstić information content (AvgIpc) is 0. The van der Waals surface area contributed by atoms with Gasteiger partial charge in [0.25, 0.3) is 0 Å². The van der Waals surface area contributed by atoms with Crippen LogP contribution in [0.15, 0.2) is 0 Å². The Morgan fingerprint density at radius 2 is 1.00 bits per heavy atom. The van der Waals surface area contributed by atoms with E-state index < -0.39 is 0 Å². The van der Waals surface area contributed by atoms with Crippen LogP contribution in [-0.2, 0) is 44.8 Å². The van der Waals surface area contributed by atoms with E-state index in [0.717, 1.165) is 0 Å². The first kappa shape index (κ1) is 36.9. The standard InChI is InChI=1S/Li.Nb.H2O.Ta/h;;1H2;/q+1;+2;;+2/p-1. The zero-order chi connectivity index (χ0) is 0. The maximum atomic E-state index is 0. The molecule has 0 aliphatic rings. The van der Waals surface area contributed by atoms with E-state index in [1.54, 1.807) is 0 Å². The van der Waals surface area contributed by atoms with Crippen LogP contribution in [0.4, 0.5) is 0 Å². The van der Waals surface area contributed by atoms with Crippen molar-refractivity contribution in [2.75, 3.05) is 0 Å². The molecule has 0 unspecified atom stereocenters. The first-order chi connectivity index (χ1) is 0. The van der Waals surface area contributed by atoms with Crippen LogP contribution in [0.3, 0.4) is 0 Å². The quantitative estimate of drug-likeness (QED) is 0.434. The molecule has 0 aliphatic carbocycles. The number of rotatable bonds is 0. The minimum atomic E-state index is 0. The molecule has 0 aromatic rings. The molecule has 0 saturated heterocycles.